The molecule has 1 aliphatic carbocycles. The molecular weight excluding hydrogens is 238 g/mol. The molecule has 0 radical (unpaired) electrons. The van der Waals surface area contributed by atoms with Crippen LogP contribution in [0.3, 0.4) is 0 Å². The largest absolute Gasteiger partial charge is 0.370 e. The second-order valence-electron chi connectivity index (χ2n) is 6.39. The number of hydrogen-bond acceptors (Lipinski definition) is 3. The predicted molar refractivity (Wildman–Crippen MR) is 75.0 cm³/mol. The second kappa shape index (κ2) is 5.25. The lowest BCUT2D eigenvalue weighted by Gasteiger charge is -2.26. The number of aromatic nitrogens is 2. The molecule has 1 aliphatic heterocycles. The maximum atomic E-state index is 6.36. The van der Waals surface area contributed by atoms with Crippen LogP contribution >= 0.6 is 0 Å². The number of nitrogens with zero attached hydrogens (tertiary/aromatic N) is 2. The van der Waals surface area contributed by atoms with Crippen molar-refractivity contribution in [1.29, 1.82) is 0 Å². The Morgan fingerprint density at radius 1 is 1.42 bits per heavy atom. The highest BCUT2D eigenvalue weighted by Gasteiger charge is 2.42. The SMILES string of the molecule is Cc1[nH]ncc1CN(C)CC1CCC2(CCCC2)O1. The Bertz CT molecular complexity index is 423. The van der Waals surface area contributed by atoms with Gasteiger partial charge >= 0.3 is 0 Å². The van der Waals surface area contributed by atoms with Gasteiger partial charge in [-0.2, -0.15) is 5.10 Å². The Balaban J connectivity index is 1.50. The molecule has 1 aromatic rings. The van der Waals surface area contributed by atoms with Gasteiger partial charge in [0.25, 0.3) is 0 Å². The zero-order valence-electron chi connectivity index (χ0n) is 12.1. The summed E-state index contributed by atoms with van der Waals surface area (Å²) in [7, 11) is 2.18. The Hall–Kier alpha value is -0.870. The van der Waals surface area contributed by atoms with Gasteiger partial charge in [0.05, 0.1) is 17.9 Å². The first-order valence-electron chi connectivity index (χ1n) is 7.52. The monoisotopic (exact) mass is 263 g/mol. The van der Waals surface area contributed by atoms with Crippen LogP contribution in [-0.2, 0) is 11.3 Å². The van der Waals surface area contributed by atoms with Crippen LogP contribution in [0.4, 0.5) is 0 Å². The maximum Gasteiger partial charge on any atom is 0.0710 e. The molecule has 2 aliphatic rings. The van der Waals surface area contributed by atoms with Gasteiger partial charge in [0.1, 0.15) is 0 Å². The molecule has 3 rings (SSSR count). The Labute approximate surface area is 115 Å². The number of hydrogen-bond donors (Lipinski definition) is 1. The summed E-state index contributed by atoms with van der Waals surface area (Å²) in [6.07, 6.45) is 10.1. The molecule has 2 fully saturated rings. The Morgan fingerprint density at radius 3 is 2.89 bits per heavy atom. The lowest BCUT2D eigenvalue weighted by atomic mass is 9.98. The first-order chi connectivity index (χ1) is 9.17. The van der Waals surface area contributed by atoms with Crippen LogP contribution < -0.4 is 0 Å². The first kappa shape index (κ1) is 13.1. The van der Waals surface area contributed by atoms with Crippen molar-refractivity contribution in [2.45, 2.75) is 63.7 Å². The molecule has 1 N–H and O–H groups in total. The van der Waals surface area contributed by atoms with Crippen LogP contribution in [0.25, 0.3) is 0 Å². The number of H-pyrrole nitrogens is 1. The molecule has 2 heterocycles. The summed E-state index contributed by atoms with van der Waals surface area (Å²) in [5.74, 6) is 0. The highest BCUT2D eigenvalue weighted by Crippen LogP contribution is 2.43. The standard InChI is InChI=1S/C15H25N3O/c1-12-13(9-16-17-12)10-18(2)11-14-5-8-15(19-14)6-3-4-7-15/h9,14H,3-8,10-11H2,1-2H3,(H,16,17). The topological polar surface area (TPSA) is 41.2 Å². The van der Waals surface area contributed by atoms with Crippen molar-refractivity contribution in [3.8, 4) is 0 Å². The van der Waals surface area contributed by atoms with E-state index < -0.39 is 0 Å². The van der Waals surface area contributed by atoms with E-state index in [0.29, 0.717) is 6.10 Å². The summed E-state index contributed by atoms with van der Waals surface area (Å²) < 4.78 is 6.36. The van der Waals surface area contributed by atoms with Crippen molar-refractivity contribution >= 4 is 0 Å². The zero-order chi connectivity index (χ0) is 13.3. The molecule has 0 bridgehead atoms. The average Bonchev–Trinajstić information content (AvgIpc) is 3.07. The van der Waals surface area contributed by atoms with Gasteiger partial charge in [-0.1, -0.05) is 12.8 Å². The fraction of sp³-hybridized carbons (Fsp3) is 0.800. The van der Waals surface area contributed by atoms with E-state index in [0.717, 1.165) is 13.1 Å². The maximum absolute atomic E-state index is 6.36. The van der Waals surface area contributed by atoms with E-state index in [1.54, 1.807) is 0 Å². The van der Waals surface area contributed by atoms with Crippen molar-refractivity contribution in [3.63, 3.8) is 0 Å². The zero-order valence-corrected chi connectivity index (χ0v) is 12.1. The highest BCUT2D eigenvalue weighted by atomic mass is 16.5. The van der Waals surface area contributed by atoms with E-state index in [2.05, 4.69) is 29.1 Å². The lowest BCUT2D eigenvalue weighted by molar-refractivity contribution is -0.0457. The number of nitrogens with one attached hydrogen (secondary N) is 1. The van der Waals surface area contributed by atoms with Crippen molar-refractivity contribution in [3.05, 3.63) is 17.5 Å². The molecule has 1 atom stereocenters. The number of ether oxygens (including phenoxy) is 1. The quantitative estimate of drug-likeness (QED) is 0.908. The molecule has 1 unspecified atom stereocenters. The molecule has 1 saturated heterocycles. The summed E-state index contributed by atoms with van der Waals surface area (Å²) in [4.78, 5) is 2.36. The third-order valence-electron chi connectivity index (χ3n) is 4.74. The van der Waals surface area contributed by atoms with Crippen molar-refractivity contribution < 1.29 is 4.74 Å². The molecule has 4 heteroatoms. The van der Waals surface area contributed by atoms with Gasteiger partial charge < -0.3 is 4.74 Å². The van der Waals surface area contributed by atoms with Gasteiger partial charge in [-0.3, -0.25) is 10.00 Å². The van der Waals surface area contributed by atoms with E-state index in [9.17, 15) is 0 Å². The van der Waals surface area contributed by atoms with Gasteiger partial charge in [-0.05, 0) is 39.7 Å². The predicted octanol–water partition coefficient (Wildman–Crippen LogP) is 2.64. The molecule has 0 amide bonds. The summed E-state index contributed by atoms with van der Waals surface area (Å²) in [5, 5.41) is 7.08. The molecule has 1 spiro atoms. The minimum Gasteiger partial charge on any atom is -0.370 e. The Kier molecular flexibility index (Phi) is 3.63. The summed E-state index contributed by atoms with van der Waals surface area (Å²) >= 11 is 0. The molecule has 1 saturated carbocycles. The van der Waals surface area contributed by atoms with Crippen molar-refractivity contribution in [2.24, 2.45) is 0 Å². The Morgan fingerprint density at radius 2 is 2.21 bits per heavy atom. The van der Waals surface area contributed by atoms with Crippen LogP contribution in [0.5, 0.6) is 0 Å². The van der Waals surface area contributed by atoms with Gasteiger partial charge in [-0.25, -0.2) is 0 Å². The van der Waals surface area contributed by atoms with Crippen LogP contribution in [-0.4, -0.2) is 40.4 Å². The van der Waals surface area contributed by atoms with Crippen LogP contribution in [0, 0.1) is 6.92 Å². The van der Waals surface area contributed by atoms with Gasteiger partial charge in [0, 0.05) is 24.3 Å². The van der Waals surface area contributed by atoms with E-state index in [1.807, 2.05) is 6.20 Å². The van der Waals surface area contributed by atoms with Gasteiger partial charge in [0.2, 0.25) is 0 Å². The number of aromatic amines is 1. The smallest absolute Gasteiger partial charge is 0.0710 e. The molecule has 19 heavy (non-hydrogen) atoms. The van der Waals surface area contributed by atoms with E-state index in [4.69, 9.17) is 4.74 Å². The summed E-state index contributed by atoms with van der Waals surface area (Å²) in [5.41, 5.74) is 2.72. The second-order valence-corrected chi connectivity index (χ2v) is 6.39. The number of rotatable bonds is 4. The first-order valence-corrected chi connectivity index (χ1v) is 7.52. The third-order valence-corrected chi connectivity index (χ3v) is 4.74. The van der Waals surface area contributed by atoms with Gasteiger partial charge in [-0.15, -0.1) is 0 Å². The fourth-order valence-electron chi connectivity index (χ4n) is 3.65. The highest BCUT2D eigenvalue weighted by molar-refractivity contribution is 5.13. The van der Waals surface area contributed by atoms with E-state index in [-0.39, 0.29) is 5.60 Å². The van der Waals surface area contributed by atoms with Crippen molar-refractivity contribution in [1.82, 2.24) is 15.1 Å². The van der Waals surface area contributed by atoms with Crippen LogP contribution in [0.1, 0.15) is 49.8 Å². The normalized spacial score (nSPS) is 25.7. The van der Waals surface area contributed by atoms with Crippen molar-refractivity contribution in [2.75, 3.05) is 13.6 Å². The lowest BCUT2D eigenvalue weighted by Crippen LogP contribution is -2.32. The molecular formula is C15H25N3O. The minimum atomic E-state index is 0.261. The number of aryl methyl sites for hydroxylation is 1. The summed E-state index contributed by atoms with van der Waals surface area (Å²) in [6.45, 7) is 4.07. The van der Waals surface area contributed by atoms with Crippen LogP contribution in [0.15, 0.2) is 6.20 Å². The summed E-state index contributed by atoms with van der Waals surface area (Å²) in [6, 6.07) is 0. The number of likely N-dealkylation sites (N-methyl/N-ethyl adjacent to an activating group) is 1. The molecule has 106 valence electrons. The minimum absolute atomic E-state index is 0.261. The average molecular weight is 263 g/mol. The molecule has 1 aromatic heterocycles. The molecule has 0 aromatic carbocycles. The third kappa shape index (κ3) is 2.84. The molecule has 4 nitrogen and oxygen atoms in total. The van der Waals surface area contributed by atoms with E-state index in [1.165, 1.54) is 49.8 Å². The van der Waals surface area contributed by atoms with Crippen LogP contribution in [0.2, 0.25) is 0 Å². The van der Waals surface area contributed by atoms with Gasteiger partial charge in [0.15, 0.2) is 0 Å². The van der Waals surface area contributed by atoms with E-state index >= 15 is 0 Å². The fourth-order valence-corrected chi connectivity index (χ4v) is 3.65.